The summed E-state index contributed by atoms with van der Waals surface area (Å²) < 4.78 is 0. The lowest BCUT2D eigenvalue weighted by molar-refractivity contribution is 0.0828. The van der Waals surface area contributed by atoms with Crippen LogP contribution in [0.15, 0.2) is 60.7 Å². The second-order valence-electron chi connectivity index (χ2n) is 8.28. The first-order valence-corrected chi connectivity index (χ1v) is 11.5. The average Bonchev–Trinajstić information content (AvgIpc) is 2.80. The second-order valence-corrected chi connectivity index (χ2v) is 8.28. The van der Waals surface area contributed by atoms with Crippen LogP contribution in [0.1, 0.15) is 80.9 Å². The van der Waals surface area contributed by atoms with E-state index in [2.05, 4.69) is 37.3 Å². The Morgan fingerprint density at radius 2 is 1.68 bits per heavy atom. The highest BCUT2D eigenvalue weighted by molar-refractivity contribution is 5.67. The van der Waals surface area contributed by atoms with Crippen molar-refractivity contribution in [3.63, 3.8) is 0 Å². The van der Waals surface area contributed by atoms with Crippen LogP contribution in [0.5, 0.6) is 0 Å². The van der Waals surface area contributed by atoms with E-state index in [0.29, 0.717) is 12.8 Å². The van der Waals surface area contributed by atoms with E-state index in [0.717, 1.165) is 36.0 Å². The molecule has 1 unspecified atom stereocenters. The van der Waals surface area contributed by atoms with Gasteiger partial charge in [0.1, 0.15) is 0 Å². The van der Waals surface area contributed by atoms with Gasteiger partial charge in [-0.2, -0.15) is 0 Å². The summed E-state index contributed by atoms with van der Waals surface area (Å²) in [7, 11) is 0. The molecule has 0 aliphatic heterocycles. The van der Waals surface area contributed by atoms with Gasteiger partial charge in [0.2, 0.25) is 0 Å². The number of rotatable bonds is 11. The number of hydrogen-bond donors (Lipinski definition) is 3. The highest BCUT2D eigenvalue weighted by atomic mass is 16.3. The van der Waals surface area contributed by atoms with Gasteiger partial charge >= 0.3 is 0 Å². The van der Waals surface area contributed by atoms with E-state index in [-0.39, 0.29) is 6.61 Å². The van der Waals surface area contributed by atoms with Gasteiger partial charge in [-0.1, -0.05) is 81.5 Å². The molecule has 0 aromatic heterocycles. The van der Waals surface area contributed by atoms with Crippen LogP contribution in [0.3, 0.4) is 0 Å². The van der Waals surface area contributed by atoms with Gasteiger partial charge in [-0.05, 0) is 72.4 Å². The van der Waals surface area contributed by atoms with Gasteiger partial charge in [0.25, 0.3) is 0 Å². The first-order chi connectivity index (χ1) is 14.9. The summed E-state index contributed by atoms with van der Waals surface area (Å²) >= 11 is 0. The topological polar surface area (TPSA) is 60.7 Å². The molecule has 3 nitrogen and oxygen atoms in total. The third kappa shape index (κ3) is 7.17. The zero-order valence-electron chi connectivity index (χ0n) is 19.4. The lowest BCUT2D eigenvalue weighted by atomic mass is 9.94. The van der Waals surface area contributed by atoms with Crippen LogP contribution in [-0.2, 0) is 19.4 Å². The van der Waals surface area contributed by atoms with E-state index in [4.69, 9.17) is 0 Å². The van der Waals surface area contributed by atoms with Crippen LogP contribution < -0.4 is 0 Å². The first kappa shape index (κ1) is 25.1. The van der Waals surface area contributed by atoms with E-state index in [9.17, 15) is 15.3 Å². The van der Waals surface area contributed by atoms with Crippen molar-refractivity contribution >= 4 is 5.57 Å². The molecule has 0 bridgehead atoms. The zero-order chi connectivity index (χ0) is 22.9. The molecule has 3 heteroatoms. The van der Waals surface area contributed by atoms with E-state index in [1.807, 2.05) is 44.2 Å². The summed E-state index contributed by atoms with van der Waals surface area (Å²) in [5, 5.41) is 29.9. The van der Waals surface area contributed by atoms with Crippen LogP contribution in [0.25, 0.3) is 5.57 Å². The molecule has 2 rings (SSSR count). The van der Waals surface area contributed by atoms with Crippen molar-refractivity contribution in [2.75, 3.05) is 0 Å². The summed E-state index contributed by atoms with van der Waals surface area (Å²) in [6.45, 7) is 7.82. The fourth-order valence-corrected chi connectivity index (χ4v) is 3.82. The number of aryl methyl sites for hydroxylation is 2. The Balaban J connectivity index is 2.14. The lowest BCUT2D eigenvalue weighted by Crippen LogP contribution is -2.22. The predicted octanol–water partition coefficient (Wildman–Crippen LogP) is 5.92. The molecule has 31 heavy (non-hydrogen) atoms. The van der Waals surface area contributed by atoms with E-state index in [1.54, 1.807) is 6.92 Å². The van der Waals surface area contributed by atoms with Gasteiger partial charge in [-0.3, -0.25) is 0 Å². The molecule has 0 heterocycles. The van der Waals surface area contributed by atoms with E-state index < -0.39 is 11.7 Å². The lowest BCUT2D eigenvalue weighted by Gasteiger charge is -2.20. The minimum atomic E-state index is -0.728. The van der Waals surface area contributed by atoms with Gasteiger partial charge in [-0.25, -0.2) is 0 Å². The van der Waals surface area contributed by atoms with Gasteiger partial charge in [0.05, 0.1) is 18.3 Å². The van der Waals surface area contributed by atoms with Crippen LogP contribution in [-0.4, -0.2) is 20.9 Å². The molecule has 168 valence electrons. The van der Waals surface area contributed by atoms with Crippen LogP contribution in [0, 0.1) is 0 Å². The van der Waals surface area contributed by atoms with Crippen molar-refractivity contribution in [2.24, 2.45) is 0 Å². The summed E-state index contributed by atoms with van der Waals surface area (Å²) in [4.78, 5) is 0. The Hall–Kier alpha value is -2.20. The molecule has 0 aliphatic carbocycles. The predicted molar refractivity (Wildman–Crippen MR) is 130 cm³/mol. The second kappa shape index (κ2) is 12.0. The number of aliphatic hydroxyl groups excluding tert-OH is 2. The zero-order valence-corrected chi connectivity index (χ0v) is 19.4. The number of aliphatic hydroxyl groups is 3. The maximum atomic E-state index is 10.4. The minimum Gasteiger partial charge on any atom is -0.392 e. The summed E-state index contributed by atoms with van der Waals surface area (Å²) in [6, 6.07) is 14.6. The SMILES string of the molecule is CC/C(=C\C=C\C(O)(CC)CC)c1cccc(CCc2ccc(C(C)O)c(CO)c2)c1. The first-order valence-electron chi connectivity index (χ1n) is 11.5. The Labute approximate surface area is 187 Å². The molecule has 0 fully saturated rings. The Bertz CT molecular complexity index is 889. The van der Waals surface area contributed by atoms with Crippen molar-refractivity contribution in [3.05, 3.63) is 88.5 Å². The third-order valence-corrected chi connectivity index (χ3v) is 6.14. The quantitative estimate of drug-likeness (QED) is 0.394. The maximum Gasteiger partial charge on any atom is 0.0825 e. The van der Waals surface area contributed by atoms with Crippen molar-refractivity contribution in [3.8, 4) is 0 Å². The summed E-state index contributed by atoms with van der Waals surface area (Å²) in [5.41, 5.74) is 5.74. The maximum absolute atomic E-state index is 10.4. The molecule has 3 N–H and O–H groups in total. The summed E-state index contributed by atoms with van der Waals surface area (Å²) in [6.07, 6.45) is 9.55. The molecule has 0 saturated carbocycles. The molecular weight excluding hydrogens is 384 g/mol. The number of benzene rings is 2. The molecule has 2 aromatic rings. The van der Waals surface area contributed by atoms with E-state index >= 15 is 0 Å². The number of hydrogen-bond acceptors (Lipinski definition) is 3. The Morgan fingerprint density at radius 3 is 2.26 bits per heavy atom. The van der Waals surface area contributed by atoms with Crippen LogP contribution >= 0.6 is 0 Å². The monoisotopic (exact) mass is 422 g/mol. The summed E-state index contributed by atoms with van der Waals surface area (Å²) in [5.74, 6) is 0. The standard InChI is InChI=1S/C28H38O3/c1-5-24(12-9-17-28(31,6-2)7-3)25-11-8-10-22(18-25)13-14-23-15-16-27(21(4)30)26(19-23)20-29/h8-12,15-19,21,29-31H,5-7,13-14,20H2,1-4H3/b17-9+,24-12+. The van der Waals surface area contributed by atoms with Gasteiger partial charge in [-0.15, -0.1) is 0 Å². The molecule has 2 aromatic carbocycles. The van der Waals surface area contributed by atoms with Crippen molar-refractivity contribution < 1.29 is 15.3 Å². The molecule has 0 saturated heterocycles. The minimum absolute atomic E-state index is 0.0626. The third-order valence-electron chi connectivity index (χ3n) is 6.14. The van der Waals surface area contributed by atoms with Gasteiger partial charge in [0.15, 0.2) is 0 Å². The average molecular weight is 423 g/mol. The Morgan fingerprint density at radius 1 is 1.00 bits per heavy atom. The molecule has 0 spiro atoms. The normalized spacial score (nSPS) is 13.7. The van der Waals surface area contributed by atoms with Crippen molar-refractivity contribution in [2.45, 2.75) is 78.1 Å². The molecule has 0 amide bonds. The van der Waals surface area contributed by atoms with Gasteiger partial charge in [0, 0.05) is 0 Å². The van der Waals surface area contributed by atoms with Crippen molar-refractivity contribution in [1.82, 2.24) is 0 Å². The largest absolute Gasteiger partial charge is 0.392 e. The van der Waals surface area contributed by atoms with Crippen LogP contribution in [0.4, 0.5) is 0 Å². The highest BCUT2D eigenvalue weighted by Crippen LogP contribution is 2.23. The fourth-order valence-electron chi connectivity index (χ4n) is 3.82. The molecule has 0 aliphatic rings. The number of allylic oxidation sites excluding steroid dienone is 3. The van der Waals surface area contributed by atoms with Gasteiger partial charge < -0.3 is 15.3 Å². The molecule has 1 atom stereocenters. The molecule has 0 radical (unpaired) electrons. The Kier molecular flexibility index (Phi) is 9.70. The fraction of sp³-hybridized carbons (Fsp3) is 0.429. The van der Waals surface area contributed by atoms with E-state index in [1.165, 1.54) is 16.7 Å². The van der Waals surface area contributed by atoms with Crippen LogP contribution in [0.2, 0.25) is 0 Å². The highest BCUT2D eigenvalue weighted by Gasteiger charge is 2.16. The smallest absolute Gasteiger partial charge is 0.0825 e. The molecular formula is C28H38O3. The van der Waals surface area contributed by atoms with Crippen molar-refractivity contribution in [1.29, 1.82) is 0 Å².